The van der Waals surface area contributed by atoms with Gasteiger partial charge < -0.3 is 10.5 Å². The first-order valence-electron chi connectivity index (χ1n) is 6.22. The SMILES string of the molecule is C[C@@H](N)c1ccc(Br)cc1OCCc1ccnn1C. The molecule has 0 aliphatic rings. The van der Waals surface area contributed by atoms with Gasteiger partial charge in [-0.2, -0.15) is 5.10 Å². The Morgan fingerprint density at radius 2 is 2.21 bits per heavy atom. The van der Waals surface area contributed by atoms with E-state index in [4.69, 9.17) is 10.5 Å². The quantitative estimate of drug-likeness (QED) is 0.920. The fourth-order valence-electron chi connectivity index (χ4n) is 1.92. The molecule has 0 aliphatic carbocycles. The van der Waals surface area contributed by atoms with Gasteiger partial charge >= 0.3 is 0 Å². The maximum atomic E-state index is 5.95. The first kappa shape index (κ1) is 14.1. The largest absolute Gasteiger partial charge is 0.493 e. The van der Waals surface area contributed by atoms with Crippen molar-refractivity contribution in [2.24, 2.45) is 12.8 Å². The minimum Gasteiger partial charge on any atom is -0.493 e. The Bertz CT molecular complexity index is 551. The Labute approximate surface area is 121 Å². The minimum atomic E-state index is -0.0418. The van der Waals surface area contributed by atoms with E-state index in [2.05, 4.69) is 21.0 Å². The summed E-state index contributed by atoms with van der Waals surface area (Å²) in [5.74, 6) is 0.839. The summed E-state index contributed by atoms with van der Waals surface area (Å²) in [6.07, 6.45) is 2.61. The van der Waals surface area contributed by atoms with E-state index in [1.165, 1.54) is 0 Å². The van der Waals surface area contributed by atoms with Gasteiger partial charge in [0.05, 0.1) is 6.61 Å². The van der Waals surface area contributed by atoms with Crippen LogP contribution in [0, 0.1) is 0 Å². The van der Waals surface area contributed by atoms with E-state index in [0.717, 1.165) is 27.9 Å². The first-order valence-corrected chi connectivity index (χ1v) is 7.02. The number of ether oxygens (including phenoxy) is 1. The van der Waals surface area contributed by atoms with Gasteiger partial charge in [0.2, 0.25) is 0 Å². The molecule has 4 nitrogen and oxygen atoms in total. The van der Waals surface area contributed by atoms with Crippen molar-refractivity contribution in [2.75, 3.05) is 6.61 Å². The summed E-state index contributed by atoms with van der Waals surface area (Å²) in [4.78, 5) is 0. The van der Waals surface area contributed by atoms with Crippen molar-refractivity contribution < 1.29 is 4.74 Å². The highest BCUT2D eigenvalue weighted by Gasteiger charge is 2.09. The monoisotopic (exact) mass is 323 g/mol. The molecule has 1 heterocycles. The van der Waals surface area contributed by atoms with Gasteiger partial charge in [-0.15, -0.1) is 0 Å². The topological polar surface area (TPSA) is 53.1 Å². The molecule has 0 radical (unpaired) electrons. The molecule has 1 aromatic carbocycles. The highest BCUT2D eigenvalue weighted by molar-refractivity contribution is 9.10. The van der Waals surface area contributed by atoms with E-state index >= 15 is 0 Å². The van der Waals surface area contributed by atoms with Crippen LogP contribution in [0.25, 0.3) is 0 Å². The van der Waals surface area contributed by atoms with Crippen LogP contribution >= 0.6 is 15.9 Å². The van der Waals surface area contributed by atoms with Crippen LogP contribution in [-0.4, -0.2) is 16.4 Å². The molecule has 0 spiro atoms. The predicted octanol–water partition coefficient (Wildman–Crippen LogP) is 2.82. The molecule has 0 amide bonds. The summed E-state index contributed by atoms with van der Waals surface area (Å²) in [7, 11) is 1.93. The van der Waals surface area contributed by atoms with Crippen LogP contribution < -0.4 is 10.5 Å². The molecule has 0 fully saturated rings. The Hall–Kier alpha value is -1.33. The number of nitrogens with zero attached hydrogens (tertiary/aromatic N) is 2. The third-order valence-corrected chi connectivity index (χ3v) is 3.50. The number of nitrogens with two attached hydrogens (primary N) is 1. The lowest BCUT2D eigenvalue weighted by Gasteiger charge is -2.14. The molecular formula is C14H18BrN3O. The van der Waals surface area contributed by atoms with Crippen LogP contribution in [0.2, 0.25) is 0 Å². The summed E-state index contributed by atoms with van der Waals surface area (Å²) in [5, 5.41) is 4.14. The molecule has 102 valence electrons. The zero-order chi connectivity index (χ0) is 13.8. The Morgan fingerprint density at radius 3 is 2.84 bits per heavy atom. The second-order valence-electron chi connectivity index (χ2n) is 4.52. The number of benzene rings is 1. The van der Waals surface area contributed by atoms with Crippen LogP contribution in [0.15, 0.2) is 34.9 Å². The fourth-order valence-corrected chi connectivity index (χ4v) is 2.26. The number of aromatic nitrogens is 2. The first-order chi connectivity index (χ1) is 9.08. The molecule has 1 atom stereocenters. The summed E-state index contributed by atoms with van der Waals surface area (Å²) in [6, 6.07) is 7.89. The predicted molar refractivity (Wildman–Crippen MR) is 79.2 cm³/mol. The van der Waals surface area contributed by atoms with Crippen LogP contribution in [0.3, 0.4) is 0 Å². The van der Waals surface area contributed by atoms with Crippen LogP contribution in [0.4, 0.5) is 0 Å². The molecule has 0 bridgehead atoms. The Morgan fingerprint density at radius 1 is 1.42 bits per heavy atom. The molecule has 1 aromatic heterocycles. The van der Waals surface area contributed by atoms with E-state index in [1.54, 1.807) is 6.20 Å². The lowest BCUT2D eigenvalue weighted by molar-refractivity contribution is 0.313. The average Bonchev–Trinajstić information content (AvgIpc) is 2.75. The second-order valence-corrected chi connectivity index (χ2v) is 5.43. The summed E-state index contributed by atoms with van der Waals surface area (Å²) in [6.45, 7) is 2.56. The van der Waals surface area contributed by atoms with Crippen molar-refractivity contribution in [1.82, 2.24) is 9.78 Å². The van der Waals surface area contributed by atoms with Gasteiger partial charge in [-0.25, -0.2) is 0 Å². The molecule has 5 heteroatoms. The van der Waals surface area contributed by atoms with Crippen molar-refractivity contribution in [1.29, 1.82) is 0 Å². The highest BCUT2D eigenvalue weighted by Crippen LogP contribution is 2.27. The van der Waals surface area contributed by atoms with Gasteiger partial charge in [-0.05, 0) is 25.1 Å². The molecule has 2 N–H and O–H groups in total. The number of hydrogen-bond acceptors (Lipinski definition) is 3. The van der Waals surface area contributed by atoms with Gasteiger partial charge in [0.25, 0.3) is 0 Å². The van der Waals surface area contributed by atoms with Crippen LogP contribution in [-0.2, 0) is 13.5 Å². The lowest BCUT2D eigenvalue weighted by atomic mass is 10.1. The molecule has 2 rings (SSSR count). The molecule has 2 aromatic rings. The van der Waals surface area contributed by atoms with E-state index in [9.17, 15) is 0 Å². The van der Waals surface area contributed by atoms with Crippen molar-refractivity contribution in [3.63, 3.8) is 0 Å². The average molecular weight is 324 g/mol. The minimum absolute atomic E-state index is 0.0418. The molecule has 0 unspecified atom stereocenters. The third kappa shape index (κ3) is 3.58. The van der Waals surface area contributed by atoms with Gasteiger partial charge in [0.15, 0.2) is 0 Å². The maximum Gasteiger partial charge on any atom is 0.125 e. The van der Waals surface area contributed by atoms with Crippen molar-refractivity contribution in [3.8, 4) is 5.75 Å². The zero-order valence-corrected chi connectivity index (χ0v) is 12.7. The summed E-state index contributed by atoms with van der Waals surface area (Å²) >= 11 is 3.45. The summed E-state index contributed by atoms with van der Waals surface area (Å²) in [5.41, 5.74) is 8.12. The van der Waals surface area contributed by atoms with Crippen molar-refractivity contribution in [2.45, 2.75) is 19.4 Å². The summed E-state index contributed by atoms with van der Waals surface area (Å²) < 4.78 is 8.71. The van der Waals surface area contributed by atoms with Crippen molar-refractivity contribution >= 4 is 15.9 Å². The van der Waals surface area contributed by atoms with Crippen LogP contribution in [0.1, 0.15) is 24.2 Å². The van der Waals surface area contributed by atoms with Crippen molar-refractivity contribution in [3.05, 3.63) is 46.2 Å². The fraction of sp³-hybridized carbons (Fsp3) is 0.357. The third-order valence-electron chi connectivity index (χ3n) is 3.00. The molecular weight excluding hydrogens is 306 g/mol. The van der Waals surface area contributed by atoms with Gasteiger partial charge in [0.1, 0.15) is 5.75 Å². The molecule has 0 saturated heterocycles. The molecule has 0 aliphatic heterocycles. The second kappa shape index (κ2) is 6.21. The number of rotatable bonds is 5. The van der Waals surface area contributed by atoms with E-state index in [-0.39, 0.29) is 6.04 Å². The van der Waals surface area contributed by atoms with E-state index in [1.807, 2.05) is 42.9 Å². The van der Waals surface area contributed by atoms with Crippen LogP contribution in [0.5, 0.6) is 5.75 Å². The van der Waals surface area contributed by atoms with E-state index < -0.39 is 0 Å². The Kier molecular flexibility index (Phi) is 4.61. The molecule has 19 heavy (non-hydrogen) atoms. The van der Waals surface area contributed by atoms with Gasteiger partial charge in [-0.1, -0.05) is 22.0 Å². The highest BCUT2D eigenvalue weighted by atomic mass is 79.9. The lowest BCUT2D eigenvalue weighted by Crippen LogP contribution is -2.10. The maximum absolute atomic E-state index is 5.95. The standard InChI is InChI=1S/C14H18BrN3O/c1-10(16)13-4-3-11(15)9-14(13)19-8-6-12-5-7-17-18(12)2/h3-5,7,9-10H,6,8,16H2,1-2H3/t10-/m1/s1. The molecule has 0 saturated carbocycles. The number of aryl methyl sites for hydroxylation is 1. The Balaban J connectivity index is 2.03. The van der Waals surface area contributed by atoms with Gasteiger partial charge in [0, 0.05) is 41.4 Å². The normalized spacial score (nSPS) is 12.4. The van der Waals surface area contributed by atoms with E-state index in [0.29, 0.717) is 6.61 Å². The zero-order valence-electron chi connectivity index (χ0n) is 11.1. The van der Waals surface area contributed by atoms with Gasteiger partial charge in [-0.3, -0.25) is 4.68 Å². The number of halogens is 1. The number of hydrogen-bond donors (Lipinski definition) is 1. The smallest absolute Gasteiger partial charge is 0.125 e.